The Bertz CT molecular complexity index is 1210. The van der Waals surface area contributed by atoms with E-state index in [4.69, 9.17) is 9.47 Å². The Morgan fingerprint density at radius 2 is 1.81 bits per heavy atom. The molecule has 1 aliphatic rings. The van der Waals surface area contributed by atoms with E-state index in [-0.39, 0.29) is 16.9 Å². The van der Waals surface area contributed by atoms with Crippen LogP contribution in [-0.2, 0) is 9.84 Å². The molecule has 2 aromatic carbocycles. The van der Waals surface area contributed by atoms with E-state index in [1.807, 2.05) is 18.2 Å². The largest absolute Gasteiger partial charge is 0.497 e. The molecule has 1 aromatic heterocycles. The zero-order chi connectivity index (χ0) is 22.9. The van der Waals surface area contributed by atoms with Gasteiger partial charge in [0.2, 0.25) is 0 Å². The highest BCUT2D eigenvalue weighted by atomic mass is 32.2. The molecule has 0 radical (unpaired) electrons. The van der Waals surface area contributed by atoms with Gasteiger partial charge in [-0.25, -0.2) is 13.4 Å². The number of aromatic nitrogens is 1. The van der Waals surface area contributed by atoms with Crippen LogP contribution >= 0.6 is 11.3 Å². The number of carbonyl (C=O) groups is 1. The standard InChI is InChI=1S/C23H26N2O5S2/c1-15(2)32(27,28)19-7-4-16(5-8-19)22(26)25-12-10-17(11-13-25)30-23-24-20-9-6-18(29-3)14-21(20)31-23/h4-9,14-15,17H,10-13H2,1-3H3. The molecule has 32 heavy (non-hydrogen) atoms. The predicted octanol–water partition coefficient (Wildman–Crippen LogP) is 4.17. The van der Waals surface area contributed by atoms with E-state index in [9.17, 15) is 13.2 Å². The van der Waals surface area contributed by atoms with Gasteiger partial charge in [-0.3, -0.25) is 4.79 Å². The Labute approximate surface area is 191 Å². The van der Waals surface area contributed by atoms with Crippen molar-refractivity contribution in [2.75, 3.05) is 20.2 Å². The van der Waals surface area contributed by atoms with E-state index in [0.717, 1.165) is 16.0 Å². The summed E-state index contributed by atoms with van der Waals surface area (Å²) in [6.07, 6.45) is 1.43. The van der Waals surface area contributed by atoms with E-state index in [0.29, 0.717) is 36.7 Å². The lowest BCUT2D eigenvalue weighted by Crippen LogP contribution is -2.41. The topological polar surface area (TPSA) is 85.8 Å². The molecule has 4 rings (SSSR count). The maximum Gasteiger partial charge on any atom is 0.274 e. The average Bonchev–Trinajstić information content (AvgIpc) is 3.20. The molecule has 1 aliphatic heterocycles. The molecule has 0 aliphatic carbocycles. The molecular formula is C23H26N2O5S2. The molecule has 0 atom stereocenters. The van der Waals surface area contributed by atoms with Crippen molar-refractivity contribution in [1.82, 2.24) is 9.88 Å². The lowest BCUT2D eigenvalue weighted by Gasteiger charge is -2.31. The number of benzene rings is 2. The molecule has 2 heterocycles. The van der Waals surface area contributed by atoms with E-state index in [1.54, 1.807) is 38.0 Å². The second-order valence-corrected chi connectivity index (χ2v) is 11.5. The Kier molecular flexibility index (Phi) is 6.39. The molecule has 0 N–H and O–H groups in total. The summed E-state index contributed by atoms with van der Waals surface area (Å²) in [4.78, 5) is 19.4. The van der Waals surface area contributed by atoms with Crippen molar-refractivity contribution in [2.24, 2.45) is 0 Å². The minimum atomic E-state index is -3.35. The summed E-state index contributed by atoms with van der Waals surface area (Å²) in [6.45, 7) is 4.44. The number of methoxy groups -OCH3 is 1. The van der Waals surface area contributed by atoms with Crippen LogP contribution in [0.4, 0.5) is 0 Å². The monoisotopic (exact) mass is 474 g/mol. The zero-order valence-corrected chi connectivity index (χ0v) is 19.9. The predicted molar refractivity (Wildman–Crippen MR) is 124 cm³/mol. The zero-order valence-electron chi connectivity index (χ0n) is 18.3. The van der Waals surface area contributed by atoms with Gasteiger partial charge in [0.1, 0.15) is 11.9 Å². The Balaban J connectivity index is 1.35. The third-order valence-electron chi connectivity index (χ3n) is 5.62. The SMILES string of the molecule is COc1ccc2nc(OC3CCN(C(=O)c4ccc(S(=O)(=O)C(C)C)cc4)CC3)sc2c1. The average molecular weight is 475 g/mol. The fourth-order valence-corrected chi connectivity index (χ4v) is 5.59. The lowest BCUT2D eigenvalue weighted by molar-refractivity contribution is 0.0595. The first-order valence-electron chi connectivity index (χ1n) is 10.5. The number of piperidine rings is 1. The van der Waals surface area contributed by atoms with Crippen molar-refractivity contribution >= 4 is 37.3 Å². The quantitative estimate of drug-likeness (QED) is 0.533. The Morgan fingerprint density at radius 3 is 2.44 bits per heavy atom. The Morgan fingerprint density at radius 1 is 1.12 bits per heavy atom. The third-order valence-corrected chi connectivity index (χ3v) is 8.70. The van der Waals surface area contributed by atoms with Crippen LogP contribution in [0, 0.1) is 0 Å². The number of amides is 1. The number of nitrogens with zero attached hydrogens (tertiary/aromatic N) is 2. The van der Waals surface area contributed by atoms with Crippen LogP contribution in [-0.4, -0.2) is 55.8 Å². The molecule has 0 bridgehead atoms. The number of carbonyl (C=O) groups excluding carboxylic acids is 1. The van der Waals surface area contributed by atoms with Crippen LogP contribution in [0.5, 0.6) is 10.9 Å². The van der Waals surface area contributed by atoms with Gasteiger partial charge in [0.25, 0.3) is 11.1 Å². The molecule has 0 saturated carbocycles. The van der Waals surface area contributed by atoms with Gasteiger partial charge in [-0.05, 0) is 56.3 Å². The minimum absolute atomic E-state index is 0.0000635. The van der Waals surface area contributed by atoms with E-state index < -0.39 is 15.1 Å². The van der Waals surface area contributed by atoms with E-state index in [2.05, 4.69) is 4.98 Å². The van der Waals surface area contributed by atoms with Crippen molar-refractivity contribution in [2.45, 2.75) is 42.9 Å². The van der Waals surface area contributed by atoms with Gasteiger partial charge in [0, 0.05) is 31.5 Å². The summed E-state index contributed by atoms with van der Waals surface area (Å²) in [5.74, 6) is 0.693. The number of sulfone groups is 1. The molecule has 7 nitrogen and oxygen atoms in total. The molecule has 1 amide bonds. The first kappa shape index (κ1) is 22.5. The number of hydrogen-bond acceptors (Lipinski definition) is 7. The summed E-state index contributed by atoms with van der Waals surface area (Å²) in [7, 11) is -1.71. The normalized spacial score (nSPS) is 15.3. The van der Waals surface area contributed by atoms with Gasteiger partial charge in [0.15, 0.2) is 9.84 Å². The van der Waals surface area contributed by atoms with Gasteiger partial charge in [-0.1, -0.05) is 11.3 Å². The smallest absolute Gasteiger partial charge is 0.274 e. The van der Waals surface area contributed by atoms with E-state index in [1.165, 1.54) is 23.5 Å². The number of hydrogen-bond donors (Lipinski definition) is 0. The summed E-state index contributed by atoms with van der Waals surface area (Å²) in [5.41, 5.74) is 1.37. The van der Waals surface area contributed by atoms with Crippen molar-refractivity contribution in [3.8, 4) is 10.9 Å². The van der Waals surface area contributed by atoms with Gasteiger partial charge >= 0.3 is 0 Å². The summed E-state index contributed by atoms with van der Waals surface area (Å²) in [5, 5.41) is 0.125. The van der Waals surface area contributed by atoms with Crippen LogP contribution in [0.1, 0.15) is 37.0 Å². The molecule has 1 saturated heterocycles. The summed E-state index contributed by atoms with van der Waals surface area (Å²) in [6, 6.07) is 11.9. The maximum atomic E-state index is 12.9. The summed E-state index contributed by atoms with van der Waals surface area (Å²) < 4.78 is 36.9. The van der Waals surface area contributed by atoms with Crippen molar-refractivity contribution in [3.05, 3.63) is 48.0 Å². The summed E-state index contributed by atoms with van der Waals surface area (Å²) >= 11 is 1.49. The highest BCUT2D eigenvalue weighted by molar-refractivity contribution is 7.92. The number of rotatable bonds is 6. The van der Waals surface area contributed by atoms with Crippen LogP contribution in [0.2, 0.25) is 0 Å². The molecule has 0 spiro atoms. The van der Waals surface area contributed by atoms with Crippen LogP contribution in [0.3, 0.4) is 0 Å². The van der Waals surface area contributed by atoms with Crippen molar-refractivity contribution < 1.29 is 22.7 Å². The minimum Gasteiger partial charge on any atom is -0.497 e. The first-order valence-corrected chi connectivity index (χ1v) is 12.9. The molecule has 170 valence electrons. The fraction of sp³-hybridized carbons (Fsp3) is 0.391. The fourth-order valence-electron chi connectivity index (χ4n) is 3.62. The second-order valence-electron chi connectivity index (χ2n) is 8.04. The highest BCUT2D eigenvalue weighted by Gasteiger charge is 2.26. The van der Waals surface area contributed by atoms with Gasteiger partial charge < -0.3 is 14.4 Å². The van der Waals surface area contributed by atoms with Gasteiger partial charge in [-0.15, -0.1) is 0 Å². The number of thiazole rings is 1. The molecule has 0 unspecified atom stereocenters. The molecule has 9 heteroatoms. The van der Waals surface area contributed by atoms with Gasteiger partial charge in [-0.2, -0.15) is 0 Å². The van der Waals surface area contributed by atoms with Crippen LogP contribution in [0.15, 0.2) is 47.4 Å². The Hall–Kier alpha value is -2.65. The highest BCUT2D eigenvalue weighted by Crippen LogP contribution is 2.32. The number of fused-ring (bicyclic) bond motifs is 1. The second kappa shape index (κ2) is 9.07. The van der Waals surface area contributed by atoms with Gasteiger partial charge in [0.05, 0.1) is 27.5 Å². The maximum absolute atomic E-state index is 12.9. The number of ether oxygens (including phenoxy) is 2. The molecule has 1 fully saturated rings. The molecule has 3 aromatic rings. The molecular weight excluding hydrogens is 448 g/mol. The number of likely N-dealkylation sites (tertiary alicyclic amines) is 1. The first-order chi connectivity index (χ1) is 15.3. The van der Waals surface area contributed by atoms with Crippen molar-refractivity contribution in [3.63, 3.8) is 0 Å². The van der Waals surface area contributed by atoms with E-state index >= 15 is 0 Å². The third kappa shape index (κ3) is 4.59. The lowest BCUT2D eigenvalue weighted by atomic mass is 10.1. The van der Waals surface area contributed by atoms with Crippen LogP contribution in [0.25, 0.3) is 10.2 Å². The van der Waals surface area contributed by atoms with Crippen molar-refractivity contribution in [1.29, 1.82) is 0 Å². The van der Waals surface area contributed by atoms with Crippen LogP contribution < -0.4 is 9.47 Å².